The average molecular weight is 361 g/mol. The summed E-state index contributed by atoms with van der Waals surface area (Å²) in [7, 11) is 4.12. The molecule has 1 amide bonds. The Hall–Kier alpha value is -1.66. The molecular formula is C20H32N4O2. The summed E-state index contributed by atoms with van der Waals surface area (Å²) in [6.07, 6.45) is 3.98. The van der Waals surface area contributed by atoms with Crippen LogP contribution in [0.5, 0.6) is 0 Å². The molecule has 6 nitrogen and oxygen atoms in total. The highest BCUT2D eigenvalue weighted by molar-refractivity contribution is 5.79. The molecule has 0 saturated carbocycles. The van der Waals surface area contributed by atoms with Crippen LogP contribution >= 0.6 is 0 Å². The lowest BCUT2D eigenvalue weighted by Gasteiger charge is -2.38. The SMILES string of the molecule is CC(C(=O)N1CCN(c2ccc(CN(C)C)cn2)CC1)C1CCOCC1. The molecule has 0 aliphatic carbocycles. The minimum Gasteiger partial charge on any atom is -0.381 e. The number of hydrogen-bond donors (Lipinski definition) is 0. The molecule has 3 heterocycles. The van der Waals surface area contributed by atoms with Crippen LogP contribution in [0.1, 0.15) is 25.3 Å². The predicted molar refractivity (Wildman–Crippen MR) is 103 cm³/mol. The van der Waals surface area contributed by atoms with E-state index in [2.05, 4.69) is 47.9 Å². The number of carbonyl (C=O) groups is 1. The van der Waals surface area contributed by atoms with Gasteiger partial charge in [-0.3, -0.25) is 4.79 Å². The molecule has 1 aromatic rings. The van der Waals surface area contributed by atoms with E-state index in [1.807, 2.05) is 11.1 Å². The van der Waals surface area contributed by atoms with E-state index in [-0.39, 0.29) is 5.92 Å². The van der Waals surface area contributed by atoms with Crippen molar-refractivity contribution in [3.8, 4) is 0 Å². The summed E-state index contributed by atoms with van der Waals surface area (Å²) in [5, 5.41) is 0. The molecule has 3 rings (SSSR count). The number of carbonyl (C=O) groups excluding carboxylic acids is 1. The maximum Gasteiger partial charge on any atom is 0.225 e. The van der Waals surface area contributed by atoms with E-state index in [0.29, 0.717) is 11.8 Å². The van der Waals surface area contributed by atoms with Crippen molar-refractivity contribution >= 4 is 11.7 Å². The monoisotopic (exact) mass is 360 g/mol. The fourth-order valence-corrected chi connectivity index (χ4v) is 3.92. The number of anilines is 1. The van der Waals surface area contributed by atoms with E-state index < -0.39 is 0 Å². The lowest BCUT2D eigenvalue weighted by atomic mass is 9.86. The van der Waals surface area contributed by atoms with Crippen molar-refractivity contribution in [2.75, 3.05) is 58.4 Å². The standard InChI is InChI=1S/C20H32N4O2/c1-16(18-6-12-26-13-7-18)20(25)24-10-8-23(9-11-24)19-5-4-17(14-21-19)15-22(2)3/h4-5,14,16,18H,6-13,15H2,1-3H3. The Balaban J connectivity index is 1.51. The number of hydrogen-bond acceptors (Lipinski definition) is 5. The van der Waals surface area contributed by atoms with Crippen molar-refractivity contribution in [1.82, 2.24) is 14.8 Å². The third-order valence-electron chi connectivity index (χ3n) is 5.59. The van der Waals surface area contributed by atoms with Gasteiger partial charge in [0.25, 0.3) is 0 Å². The van der Waals surface area contributed by atoms with Gasteiger partial charge in [0.15, 0.2) is 0 Å². The molecule has 1 aromatic heterocycles. The lowest BCUT2D eigenvalue weighted by molar-refractivity contribution is -0.138. The highest BCUT2D eigenvalue weighted by Crippen LogP contribution is 2.26. The Morgan fingerprint density at radius 3 is 2.50 bits per heavy atom. The number of amides is 1. The quantitative estimate of drug-likeness (QED) is 0.802. The highest BCUT2D eigenvalue weighted by atomic mass is 16.5. The van der Waals surface area contributed by atoms with Crippen molar-refractivity contribution in [3.05, 3.63) is 23.9 Å². The van der Waals surface area contributed by atoms with Crippen LogP contribution in [-0.2, 0) is 16.1 Å². The third kappa shape index (κ3) is 4.74. The molecule has 1 unspecified atom stereocenters. The van der Waals surface area contributed by atoms with Gasteiger partial charge in [-0.2, -0.15) is 0 Å². The maximum absolute atomic E-state index is 12.8. The minimum absolute atomic E-state index is 0.105. The molecular weight excluding hydrogens is 328 g/mol. The highest BCUT2D eigenvalue weighted by Gasteiger charge is 2.31. The van der Waals surface area contributed by atoms with Gasteiger partial charge < -0.3 is 19.4 Å². The van der Waals surface area contributed by atoms with Crippen LogP contribution in [0, 0.1) is 11.8 Å². The fourth-order valence-electron chi connectivity index (χ4n) is 3.92. The molecule has 0 bridgehead atoms. The topological polar surface area (TPSA) is 48.9 Å². The summed E-state index contributed by atoms with van der Waals surface area (Å²) < 4.78 is 5.43. The van der Waals surface area contributed by atoms with Crippen LogP contribution in [0.3, 0.4) is 0 Å². The second-order valence-corrected chi connectivity index (χ2v) is 7.81. The van der Waals surface area contributed by atoms with Gasteiger partial charge in [0.05, 0.1) is 0 Å². The molecule has 0 N–H and O–H groups in total. The predicted octanol–water partition coefficient (Wildman–Crippen LogP) is 1.85. The summed E-state index contributed by atoms with van der Waals surface area (Å²) in [6.45, 7) is 7.87. The van der Waals surface area contributed by atoms with Crippen LogP contribution < -0.4 is 4.90 Å². The van der Waals surface area contributed by atoms with Gasteiger partial charge in [-0.05, 0) is 44.5 Å². The fraction of sp³-hybridized carbons (Fsp3) is 0.700. The van der Waals surface area contributed by atoms with Gasteiger partial charge in [-0.25, -0.2) is 4.98 Å². The first kappa shape index (κ1) is 19.1. The first-order valence-corrected chi connectivity index (χ1v) is 9.75. The lowest BCUT2D eigenvalue weighted by Crippen LogP contribution is -2.51. The van der Waals surface area contributed by atoms with Crippen LogP contribution in [0.4, 0.5) is 5.82 Å². The maximum atomic E-state index is 12.8. The van der Waals surface area contributed by atoms with Crippen LogP contribution in [0.15, 0.2) is 18.3 Å². The number of aromatic nitrogens is 1. The van der Waals surface area contributed by atoms with Gasteiger partial charge in [-0.15, -0.1) is 0 Å². The van der Waals surface area contributed by atoms with Gasteiger partial charge >= 0.3 is 0 Å². The van der Waals surface area contributed by atoms with E-state index in [1.165, 1.54) is 5.56 Å². The summed E-state index contributed by atoms with van der Waals surface area (Å²) in [6, 6.07) is 4.24. The Bertz CT molecular complexity index is 576. The van der Waals surface area contributed by atoms with Gasteiger partial charge in [0, 0.05) is 58.1 Å². The summed E-state index contributed by atoms with van der Waals surface area (Å²) in [4.78, 5) is 23.9. The molecule has 0 aromatic carbocycles. The van der Waals surface area contributed by atoms with E-state index in [9.17, 15) is 4.79 Å². The average Bonchev–Trinajstić information content (AvgIpc) is 2.68. The van der Waals surface area contributed by atoms with Gasteiger partial charge in [0.2, 0.25) is 5.91 Å². The number of piperazine rings is 1. The Kier molecular flexibility index (Phi) is 6.48. The minimum atomic E-state index is 0.105. The second-order valence-electron chi connectivity index (χ2n) is 7.81. The Morgan fingerprint density at radius 2 is 1.92 bits per heavy atom. The molecule has 1 atom stereocenters. The van der Waals surface area contributed by atoms with Crippen molar-refractivity contribution in [2.24, 2.45) is 11.8 Å². The number of rotatable bonds is 5. The van der Waals surface area contributed by atoms with E-state index in [0.717, 1.165) is 64.6 Å². The van der Waals surface area contributed by atoms with Crippen LogP contribution in [-0.4, -0.2) is 74.2 Å². The zero-order valence-corrected chi connectivity index (χ0v) is 16.4. The van der Waals surface area contributed by atoms with Crippen molar-refractivity contribution in [1.29, 1.82) is 0 Å². The Morgan fingerprint density at radius 1 is 1.23 bits per heavy atom. The van der Waals surface area contributed by atoms with Crippen molar-refractivity contribution < 1.29 is 9.53 Å². The van der Waals surface area contributed by atoms with Gasteiger partial charge in [-0.1, -0.05) is 13.0 Å². The zero-order chi connectivity index (χ0) is 18.5. The smallest absolute Gasteiger partial charge is 0.225 e. The van der Waals surface area contributed by atoms with E-state index in [1.54, 1.807) is 0 Å². The summed E-state index contributed by atoms with van der Waals surface area (Å²) in [5.74, 6) is 1.90. The summed E-state index contributed by atoms with van der Waals surface area (Å²) in [5.41, 5.74) is 1.22. The molecule has 2 aliphatic heterocycles. The number of nitrogens with zero attached hydrogens (tertiary/aromatic N) is 4. The van der Waals surface area contributed by atoms with Crippen LogP contribution in [0.2, 0.25) is 0 Å². The van der Waals surface area contributed by atoms with E-state index >= 15 is 0 Å². The molecule has 0 radical (unpaired) electrons. The van der Waals surface area contributed by atoms with Gasteiger partial charge in [0.1, 0.15) is 5.82 Å². The molecule has 2 aliphatic rings. The Labute approximate surface area is 157 Å². The normalized spacial score (nSPS) is 20.5. The molecule has 26 heavy (non-hydrogen) atoms. The largest absolute Gasteiger partial charge is 0.381 e. The third-order valence-corrected chi connectivity index (χ3v) is 5.59. The van der Waals surface area contributed by atoms with Crippen molar-refractivity contribution in [3.63, 3.8) is 0 Å². The first-order chi connectivity index (χ1) is 12.5. The number of pyridine rings is 1. The first-order valence-electron chi connectivity index (χ1n) is 9.75. The molecule has 2 fully saturated rings. The molecule has 6 heteroatoms. The number of ether oxygens (including phenoxy) is 1. The second kappa shape index (κ2) is 8.82. The zero-order valence-electron chi connectivity index (χ0n) is 16.4. The van der Waals surface area contributed by atoms with E-state index in [4.69, 9.17) is 4.74 Å². The molecule has 0 spiro atoms. The molecule has 2 saturated heterocycles. The van der Waals surface area contributed by atoms with Crippen LogP contribution in [0.25, 0.3) is 0 Å². The summed E-state index contributed by atoms with van der Waals surface area (Å²) >= 11 is 0. The molecule has 144 valence electrons. The van der Waals surface area contributed by atoms with Crippen molar-refractivity contribution in [2.45, 2.75) is 26.3 Å².